The van der Waals surface area contributed by atoms with Crippen LogP contribution in [0.15, 0.2) is 45.4 Å². The molecule has 1 aliphatic heterocycles. The second kappa shape index (κ2) is 10.3. The fraction of sp³-hybridized carbons (Fsp3) is 0.522. The van der Waals surface area contributed by atoms with Gasteiger partial charge in [-0.15, -0.1) is 0 Å². The number of benzene rings is 1. The minimum absolute atomic E-state index is 0.0593. The van der Waals surface area contributed by atoms with Crippen molar-refractivity contribution in [1.82, 2.24) is 10.2 Å². The molecule has 0 radical (unpaired) electrons. The third-order valence-corrected chi connectivity index (χ3v) is 6.22. The molecule has 0 spiro atoms. The van der Waals surface area contributed by atoms with Crippen molar-refractivity contribution in [3.8, 4) is 12.5 Å². The minimum atomic E-state index is -3.03. The third kappa shape index (κ3) is 7.03. The predicted octanol–water partition coefficient (Wildman–Crippen LogP) is 5.13. The summed E-state index contributed by atoms with van der Waals surface area (Å²) in [5.74, 6) is -2.14. The molecular weight excluding hydrogens is 402 g/mol. The van der Waals surface area contributed by atoms with Gasteiger partial charge < -0.3 is 16.0 Å². The number of alkyl halides is 2. The molecule has 1 saturated heterocycles. The van der Waals surface area contributed by atoms with E-state index in [2.05, 4.69) is 35.1 Å². The van der Waals surface area contributed by atoms with Crippen molar-refractivity contribution in [2.75, 3.05) is 13.1 Å². The second-order valence-corrected chi connectivity index (χ2v) is 9.66. The van der Waals surface area contributed by atoms with E-state index in [1.165, 1.54) is 6.07 Å². The van der Waals surface area contributed by atoms with Gasteiger partial charge in [-0.2, -0.15) is 0 Å². The Morgan fingerprint density at radius 3 is 2.63 bits per heavy atom. The zero-order valence-electron chi connectivity index (χ0n) is 18.2. The van der Waals surface area contributed by atoms with Crippen LogP contribution in [0.3, 0.4) is 0 Å². The summed E-state index contributed by atoms with van der Waals surface area (Å²) >= 11 is 1.14. The number of rotatable bonds is 7. The van der Waals surface area contributed by atoms with Crippen LogP contribution < -0.4 is 11.1 Å². The van der Waals surface area contributed by atoms with Crippen molar-refractivity contribution in [2.45, 2.75) is 63.8 Å². The summed E-state index contributed by atoms with van der Waals surface area (Å²) in [6.45, 7) is 9.99. The van der Waals surface area contributed by atoms with Crippen molar-refractivity contribution < 1.29 is 8.78 Å². The zero-order chi connectivity index (χ0) is 22.4. The molecule has 0 aromatic heterocycles. The molecule has 1 aromatic carbocycles. The topological polar surface area (TPSA) is 53.7 Å². The number of halogens is 2. The first-order valence-corrected chi connectivity index (χ1v) is 11.0. The Hall–Kier alpha value is -2.04. The van der Waals surface area contributed by atoms with E-state index in [4.69, 9.17) is 12.2 Å². The number of likely N-dealkylation sites (tertiary alicyclic amines) is 1. The van der Waals surface area contributed by atoms with Crippen LogP contribution in [0.5, 0.6) is 0 Å². The van der Waals surface area contributed by atoms with Gasteiger partial charge in [-0.1, -0.05) is 50.2 Å². The molecule has 1 fully saturated rings. The number of aliphatic imine (C=N–C) groups is 1. The Morgan fingerprint density at radius 1 is 1.40 bits per heavy atom. The molecule has 1 aromatic rings. The predicted molar refractivity (Wildman–Crippen MR) is 122 cm³/mol. The summed E-state index contributed by atoms with van der Waals surface area (Å²) in [5.41, 5.74) is 5.92. The first-order valence-electron chi connectivity index (χ1n) is 10.2. The van der Waals surface area contributed by atoms with Crippen LogP contribution in [0.4, 0.5) is 8.78 Å². The first kappa shape index (κ1) is 24.2. The van der Waals surface area contributed by atoms with Crippen molar-refractivity contribution in [1.29, 1.82) is 0 Å². The van der Waals surface area contributed by atoms with Crippen LogP contribution in [-0.4, -0.2) is 29.9 Å². The molecular formula is C23H32F2N4S. The monoisotopic (exact) mass is 434 g/mol. The van der Waals surface area contributed by atoms with E-state index < -0.39 is 18.4 Å². The average molecular weight is 435 g/mol. The van der Waals surface area contributed by atoms with Gasteiger partial charge in [-0.05, 0) is 38.2 Å². The first-order chi connectivity index (χ1) is 14.0. The number of piperidine rings is 1. The largest absolute Gasteiger partial charge is 0.360 e. The van der Waals surface area contributed by atoms with Gasteiger partial charge in [0.25, 0.3) is 5.92 Å². The Kier molecular flexibility index (Phi) is 8.34. The highest BCUT2D eigenvalue weighted by atomic mass is 32.2. The molecule has 0 amide bonds. The van der Waals surface area contributed by atoms with E-state index >= 15 is 0 Å². The van der Waals surface area contributed by atoms with E-state index in [1.807, 2.05) is 6.92 Å². The lowest BCUT2D eigenvalue weighted by molar-refractivity contribution is -0.0207. The maximum atomic E-state index is 14.7. The number of terminal acetylenes is 1. The normalized spacial score (nSPS) is 18.7. The number of amidine groups is 1. The van der Waals surface area contributed by atoms with Crippen molar-refractivity contribution in [3.63, 3.8) is 0 Å². The van der Waals surface area contributed by atoms with Gasteiger partial charge in [0.2, 0.25) is 0 Å². The SMILES string of the molecule is C#CN/C(=C\N=C(/C)N1CCC(C)(C)CC1)Sc1ccccc1C(F)(F)CC(C)N. The molecule has 1 heterocycles. The number of hydrogen-bond acceptors (Lipinski definition) is 4. The third-order valence-electron chi connectivity index (χ3n) is 5.22. The highest BCUT2D eigenvalue weighted by Gasteiger charge is 2.35. The summed E-state index contributed by atoms with van der Waals surface area (Å²) in [7, 11) is 0. The lowest BCUT2D eigenvalue weighted by Crippen LogP contribution is -2.40. The molecule has 0 bridgehead atoms. The molecule has 164 valence electrons. The van der Waals surface area contributed by atoms with E-state index in [-0.39, 0.29) is 5.56 Å². The molecule has 2 rings (SSSR count). The average Bonchev–Trinajstić information content (AvgIpc) is 2.65. The zero-order valence-corrected chi connectivity index (χ0v) is 19.0. The van der Waals surface area contributed by atoms with Crippen LogP contribution in [0.25, 0.3) is 0 Å². The molecule has 7 heteroatoms. The maximum absolute atomic E-state index is 14.7. The van der Waals surface area contributed by atoms with E-state index in [1.54, 1.807) is 31.3 Å². The molecule has 1 unspecified atom stereocenters. The molecule has 1 aliphatic rings. The van der Waals surface area contributed by atoms with Crippen molar-refractivity contribution in [3.05, 3.63) is 41.1 Å². The highest BCUT2D eigenvalue weighted by Crippen LogP contribution is 2.40. The van der Waals surface area contributed by atoms with Gasteiger partial charge in [-0.25, -0.2) is 13.8 Å². The smallest absolute Gasteiger partial charge is 0.275 e. The Labute approximate surface area is 183 Å². The summed E-state index contributed by atoms with van der Waals surface area (Å²) in [6, 6.07) is 8.17. The Morgan fingerprint density at radius 2 is 2.03 bits per heavy atom. The van der Waals surface area contributed by atoms with Crippen LogP contribution in [-0.2, 0) is 5.92 Å². The fourth-order valence-corrected chi connectivity index (χ4v) is 4.24. The summed E-state index contributed by atoms with van der Waals surface area (Å²) in [5, 5.41) is 3.29. The van der Waals surface area contributed by atoms with E-state index in [9.17, 15) is 8.78 Å². The molecule has 4 nitrogen and oxygen atoms in total. The van der Waals surface area contributed by atoms with Crippen LogP contribution >= 0.6 is 11.8 Å². The van der Waals surface area contributed by atoms with Crippen molar-refractivity contribution >= 4 is 17.6 Å². The number of nitrogens with zero attached hydrogens (tertiary/aromatic N) is 2. The number of hydrogen-bond donors (Lipinski definition) is 2. The van der Waals surface area contributed by atoms with Gasteiger partial charge >= 0.3 is 0 Å². The van der Waals surface area contributed by atoms with Gasteiger partial charge in [-0.3, -0.25) is 0 Å². The molecule has 0 aliphatic carbocycles. The summed E-state index contributed by atoms with van der Waals surface area (Å²) < 4.78 is 29.4. The van der Waals surface area contributed by atoms with E-state index in [0.717, 1.165) is 43.5 Å². The van der Waals surface area contributed by atoms with Gasteiger partial charge in [0.05, 0.1) is 6.20 Å². The van der Waals surface area contributed by atoms with Crippen LogP contribution in [0.2, 0.25) is 0 Å². The minimum Gasteiger partial charge on any atom is -0.360 e. The molecule has 30 heavy (non-hydrogen) atoms. The standard InChI is InChI=1S/C23H32F2N4S/c1-6-27-21(16-28-18(3)29-13-11-22(4,5)12-14-29)30-20-10-8-7-9-19(20)23(24,25)15-17(2)26/h1,7-10,16-17,27H,11-15,26H2,2-5H3/b21-16+,28-18+. The maximum Gasteiger partial charge on any atom is 0.275 e. The van der Waals surface area contributed by atoms with Crippen LogP contribution in [0.1, 0.15) is 52.5 Å². The highest BCUT2D eigenvalue weighted by molar-refractivity contribution is 8.03. The Bertz CT molecular complexity index is 815. The van der Waals surface area contributed by atoms with Crippen molar-refractivity contribution in [2.24, 2.45) is 16.1 Å². The van der Waals surface area contributed by atoms with Crippen LogP contribution in [0, 0.1) is 17.9 Å². The molecule has 0 saturated carbocycles. The number of thioether (sulfide) groups is 1. The summed E-state index contributed by atoms with van der Waals surface area (Å²) in [4.78, 5) is 7.21. The quantitative estimate of drug-likeness (QED) is 0.205. The molecule has 1 atom stereocenters. The second-order valence-electron chi connectivity index (χ2n) is 8.57. The molecule has 3 N–H and O–H groups in total. The summed E-state index contributed by atoms with van der Waals surface area (Å²) in [6.07, 6.45) is 8.82. The van der Waals surface area contributed by atoms with Gasteiger partial charge in [0, 0.05) is 42.1 Å². The Balaban J connectivity index is 2.21. The fourth-order valence-electron chi connectivity index (χ4n) is 3.32. The lowest BCUT2D eigenvalue weighted by Gasteiger charge is -2.37. The number of nitrogens with two attached hydrogens (primary N) is 1. The number of nitrogens with one attached hydrogen (secondary N) is 1. The van der Waals surface area contributed by atoms with Gasteiger partial charge in [0.15, 0.2) is 0 Å². The van der Waals surface area contributed by atoms with Gasteiger partial charge in [0.1, 0.15) is 10.9 Å². The lowest BCUT2D eigenvalue weighted by atomic mass is 9.83. The van der Waals surface area contributed by atoms with E-state index in [0.29, 0.717) is 15.3 Å².